The van der Waals surface area contributed by atoms with Crippen LogP contribution < -0.4 is 25.0 Å². The number of methoxy groups -OCH3 is 1. The largest absolute Gasteiger partial charge is 0.497 e. The van der Waals surface area contributed by atoms with Crippen LogP contribution in [0, 0.1) is 0 Å². The molecular formula is C26H31N5O3. The zero-order chi connectivity index (χ0) is 24.1. The minimum absolute atomic E-state index is 0.0884. The van der Waals surface area contributed by atoms with E-state index in [0.29, 0.717) is 17.3 Å². The van der Waals surface area contributed by atoms with Gasteiger partial charge in [0.05, 0.1) is 12.8 Å². The summed E-state index contributed by atoms with van der Waals surface area (Å²) in [7, 11) is 5.64. The predicted molar refractivity (Wildman–Crippen MR) is 135 cm³/mol. The van der Waals surface area contributed by atoms with Gasteiger partial charge in [-0.05, 0) is 81.0 Å². The fourth-order valence-electron chi connectivity index (χ4n) is 4.36. The maximum absolute atomic E-state index is 12.2. The topological polar surface area (TPSA) is 84.2 Å². The van der Waals surface area contributed by atoms with E-state index in [-0.39, 0.29) is 6.04 Å². The number of hydrogen-bond donors (Lipinski definition) is 1. The van der Waals surface area contributed by atoms with Crippen LogP contribution in [0.15, 0.2) is 60.8 Å². The number of ether oxygens (including phenoxy) is 2. The summed E-state index contributed by atoms with van der Waals surface area (Å²) in [4.78, 5) is 22.5. The van der Waals surface area contributed by atoms with Gasteiger partial charge in [-0.1, -0.05) is 0 Å². The summed E-state index contributed by atoms with van der Waals surface area (Å²) >= 11 is 0. The molecule has 1 fully saturated rings. The lowest BCUT2D eigenvalue weighted by molar-refractivity contribution is -0.108. The van der Waals surface area contributed by atoms with E-state index in [1.165, 1.54) is 0 Å². The van der Waals surface area contributed by atoms with E-state index in [9.17, 15) is 4.79 Å². The van der Waals surface area contributed by atoms with Crippen molar-refractivity contribution >= 4 is 29.3 Å². The third kappa shape index (κ3) is 5.07. The number of likely N-dealkylation sites (tertiary alicyclic amines) is 1. The van der Waals surface area contributed by atoms with Gasteiger partial charge < -0.3 is 29.9 Å². The lowest BCUT2D eigenvalue weighted by atomic mass is 10.0. The van der Waals surface area contributed by atoms with Gasteiger partial charge in [-0.3, -0.25) is 4.79 Å². The molecule has 0 spiro atoms. The molecule has 1 aromatic heterocycles. The number of rotatable bonds is 8. The Hall–Kier alpha value is -3.78. The highest BCUT2D eigenvalue weighted by Gasteiger charge is 2.27. The summed E-state index contributed by atoms with van der Waals surface area (Å²) in [5.74, 6) is 2.58. The number of benzene rings is 2. The standard InChI is InChI=1S/C26H31N5O3/c1-29-16-4-5-20(17-29)31(18-32)24-14-15-28-26(27)25(24)30(2)19-6-8-22(9-7-19)34-23-12-10-21(33-3)11-13-23/h6-15,18,20H,4-5,16-17H2,1-3H3,(H2,27,28). The van der Waals surface area contributed by atoms with Gasteiger partial charge in [0.1, 0.15) is 28.8 Å². The number of carbonyl (C=O) groups excluding carboxylic acids is 1. The highest BCUT2D eigenvalue weighted by Crippen LogP contribution is 2.39. The van der Waals surface area contributed by atoms with Gasteiger partial charge in [-0.25, -0.2) is 4.98 Å². The number of likely N-dealkylation sites (N-methyl/N-ethyl adjacent to an activating group) is 1. The zero-order valence-electron chi connectivity index (χ0n) is 19.8. The maximum Gasteiger partial charge on any atom is 0.214 e. The highest BCUT2D eigenvalue weighted by molar-refractivity contribution is 5.91. The summed E-state index contributed by atoms with van der Waals surface area (Å²) in [6.07, 6.45) is 4.55. The lowest BCUT2D eigenvalue weighted by Crippen LogP contribution is -2.46. The smallest absolute Gasteiger partial charge is 0.214 e. The Kier molecular flexibility index (Phi) is 7.18. The van der Waals surface area contributed by atoms with Gasteiger partial charge in [0.15, 0.2) is 0 Å². The van der Waals surface area contributed by atoms with Gasteiger partial charge in [-0.2, -0.15) is 0 Å². The van der Waals surface area contributed by atoms with E-state index in [0.717, 1.165) is 55.2 Å². The molecule has 1 saturated heterocycles. The normalized spacial score (nSPS) is 16.0. The van der Waals surface area contributed by atoms with Gasteiger partial charge in [0.2, 0.25) is 6.41 Å². The number of nitrogens with two attached hydrogens (primary N) is 1. The Morgan fingerprint density at radius 3 is 2.32 bits per heavy atom. The zero-order valence-corrected chi connectivity index (χ0v) is 19.8. The molecule has 3 aromatic rings. The number of nitrogens with zero attached hydrogens (tertiary/aromatic N) is 4. The molecule has 178 valence electrons. The number of nitrogen functional groups attached to an aromatic ring is 1. The number of carbonyl (C=O) groups is 1. The Balaban J connectivity index is 1.57. The van der Waals surface area contributed by atoms with Gasteiger partial charge >= 0.3 is 0 Å². The first kappa shape index (κ1) is 23.4. The average molecular weight is 462 g/mol. The molecule has 4 rings (SSSR count). The van der Waals surface area contributed by atoms with Crippen molar-refractivity contribution in [3.63, 3.8) is 0 Å². The molecule has 0 aliphatic carbocycles. The van der Waals surface area contributed by atoms with Crippen molar-refractivity contribution in [2.24, 2.45) is 0 Å². The van der Waals surface area contributed by atoms with Gasteiger partial charge in [-0.15, -0.1) is 0 Å². The monoisotopic (exact) mass is 461 g/mol. The van der Waals surface area contributed by atoms with Crippen LogP contribution in [0.3, 0.4) is 0 Å². The van der Waals surface area contributed by atoms with Crippen LogP contribution in [-0.4, -0.2) is 56.6 Å². The minimum Gasteiger partial charge on any atom is -0.497 e. The number of anilines is 4. The number of amides is 1. The molecule has 34 heavy (non-hydrogen) atoms. The van der Waals surface area contributed by atoms with E-state index in [1.807, 2.05) is 66.5 Å². The third-order valence-corrected chi connectivity index (χ3v) is 6.17. The fourth-order valence-corrected chi connectivity index (χ4v) is 4.36. The first-order valence-electron chi connectivity index (χ1n) is 11.3. The van der Waals surface area contributed by atoms with Crippen molar-refractivity contribution in [3.05, 3.63) is 60.8 Å². The Labute approximate surface area is 200 Å². The first-order chi connectivity index (χ1) is 16.5. The van der Waals surface area contributed by atoms with E-state index in [2.05, 4.69) is 16.9 Å². The van der Waals surface area contributed by atoms with Gasteiger partial charge in [0.25, 0.3) is 0 Å². The highest BCUT2D eigenvalue weighted by atomic mass is 16.5. The summed E-state index contributed by atoms with van der Waals surface area (Å²) in [6, 6.07) is 17.1. The molecule has 0 saturated carbocycles. The SMILES string of the molecule is COc1ccc(Oc2ccc(N(C)c3c(N(C=O)C4CCCN(C)C4)ccnc3N)cc2)cc1. The molecule has 0 bridgehead atoms. The molecule has 8 nitrogen and oxygen atoms in total. The van der Waals surface area contributed by atoms with Crippen molar-refractivity contribution in [2.75, 3.05) is 49.8 Å². The number of pyridine rings is 1. The number of piperidine rings is 1. The molecule has 2 heterocycles. The van der Waals surface area contributed by atoms with Crippen LogP contribution in [-0.2, 0) is 4.79 Å². The van der Waals surface area contributed by atoms with Crippen molar-refractivity contribution in [1.29, 1.82) is 0 Å². The second-order valence-electron chi connectivity index (χ2n) is 8.47. The molecule has 1 aliphatic heterocycles. The van der Waals surface area contributed by atoms with E-state index >= 15 is 0 Å². The van der Waals surface area contributed by atoms with Crippen LogP contribution in [0.5, 0.6) is 17.2 Å². The van der Waals surface area contributed by atoms with Gasteiger partial charge in [0, 0.05) is 31.5 Å². The molecule has 1 unspecified atom stereocenters. The predicted octanol–water partition coefficient (Wildman–Crippen LogP) is 4.29. The summed E-state index contributed by atoms with van der Waals surface area (Å²) < 4.78 is 11.1. The van der Waals surface area contributed by atoms with Crippen molar-refractivity contribution in [3.8, 4) is 17.2 Å². The average Bonchev–Trinajstić information content (AvgIpc) is 2.85. The number of aromatic nitrogens is 1. The number of hydrogen-bond acceptors (Lipinski definition) is 7. The minimum atomic E-state index is 0.0884. The molecule has 0 radical (unpaired) electrons. The van der Waals surface area contributed by atoms with E-state index < -0.39 is 0 Å². The van der Waals surface area contributed by atoms with Crippen LogP contribution >= 0.6 is 0 Å². The molecule has 2 N–H and O–H groups in total. The summed E-state index contributed by atoms with van der Waals surface area (Å²) in [5, 5.41) is 0. The molecular weight excluding hydrogens is 430 g/mol. The summed E-state index contributed by atoms with van der Waals surface area (Å²) in [5.41, 5.74) is 8.68. The molecule has 8 heteroatoms. The Morgan fingerprint density at radius 2 is 1.71 bits per heavy atom. The maximum atomic E-state index is 12.2. The van der Waals surface area contributed by atoms with Crippen molar-refractivity contribution in [1.82, 2.24) is 9.88 Å². The second-order valence-corrected chi connectivity index (χ2v) is 8.47. The van der Waals surface area contributed by atoms with Crippen LogP contribution in [0.2, 0.25) is 0 Å². The van der Waals surface area contributed by atoms with Crippen LogP contribution in [0.4, 0.5) is 22.9 Å². The molecule has 1 amide bonds. The summed E-state index contributed by atoms with van der Waals surface area (Å²) in [6.45, 7) is 1.86. The van der Waals surface area contributed by atoms with Crippen LogP contribution in [0.25, 0.3) is 0 Å². The quantitative estimate of drug-likeness (QED) is 0.501. The molecule has 1 aliphatic rings. The lowest BCUT2D eigenvalue weighted by Gasteiger charge is -2.37. The molecule has 2 aromatic carbocycles. The fraction of sp³-hybridized carbons (Fsp3) is 0.308. The van der Waals surface area contributed by atoms with Crippen molar-refractivity contribution in [2.45, 2.75) is 18.9 Å². The van der Waals surface area contributed by atoms with Crippen molar-refractivity contribution < 1.29 is 14.3 Å². The van der Waals surface area contributed by atoms with E-state index in [4.69, 9.17) is 15.2 Å². The van der Waals surface area contributed by atoms with E-state index in [1.54, 1.807) is 18.2 Å². The second kappa shape index (κ2) is 10.4. The Morgan fingerprint density at radius 1 is 1.06 bits per heavy atom. The van der Waals surface area contributed by atoms with Crippen LogP contribution in [0.1, 0.15) is 12.8 Å². The Bertz CT molecular complexity index is 1100. The third-order valence-electron chi connectivity index (χ3n) is 6.17. The first-order valence-corrected chi connectivity index (χ1v) is 11.3. The molecule has 1 atom stereocenters.